The second-order valence-corrected chi connectivity index (χ2v) is 5.14. The summed E-state index contributed by atoms with van der Waals surface area (Å²) in [5.41, 5.74) is 1.47. The molecule has 0 unspecified atom stereocenters. The van der Waals surface area contributed by atoms with Gasteiger partial charge in [-0.05, 0) is 18.2 Å². The highest BCUT2D eigenvalue weighted by Crippen LogP contribution is 2.24. The summed E-state index contributed by atoms with van der Waals surface area (Å²) in [6, 6.07) is 8.34. The molecule has 0 bridgehead atoms. The van der Waals surface area contributed by atoms with Crippen LogP contribution in [0, 0.1) is 0 Å². The zero-order valence-electron chi connectivity index (χ0n) is 15.6. The first-order valence-corrected chi connectivity index (χ1v) is 7.09. The Hall–Kier alpha value is -3.35. The van der Waals surface area contributed by atoms with Crippen molar-refractivity contribution in [3.8, 4) is 17.3 Å². The molecule has 7 heteroatoms. The van der Waals surface area contributed by atoms with Gasteiger partial charge < -0.3 is 9.47 Å². The Balaban J connectivity index is 1.81. The normalized spacial score (nSPS) is 13.5. The topological polar surface area (TPSA) is 82.0 Å². The van der Waals surface area contributed by atoms with Crippen molar-refractivity contribution in [3.63, 3.8) is 0 Å². The van der Waals surface area contributed by atoms with Crippen LogP contribution in [0.1, 0.15) is 4.11 Å². The van der Waals surface area contributed by atoms with Crippen LogP contribution < -0.4 is 15.0 Å². The highest BCUT2D eigenvalue weighted by atomic mass is 16.5. The molecule has 24 heavy (non-hydrogen) atoms. The molecule has 0 saturated carbocycles. The summed E-state index contributed by atoms with van der Waals surface area (Å²) < 4.78 is 32.5. The molecule has 0 radical (unpaired) electrons. The molecule has 0 aliphatic rings. The quantitative estimate of drug-likeness (QED) is 0.625. The van der Waals surface area contributed by atoms with Crippen LogP contribution in [0.2, 0.25) is 0 Å². The second-order valence-electron chi connectivity index (χ2n) is 5.14. The lowest BCUT2D eigenvalue weighted by atomic mass is 10.1. The molecule has 3 heterocycles. The Morgan fingerprint density at radius 2 is 2.04 bits per heavy atom. The number of rotatable bonds is 3. The zero-order valence-corrected chi connectivity index (χ0v) is 12.6. The van der Waals surface area contributed by atoms with Gasteiger partial charge in [0.15, 0.2) is 0 Å². The molecule has 4 rings (SSSR count). The van der Waals surface area contributed by atoms with Gasteiger partial charge in [0, 0.05) is 23.7 Å². The number of nitrogens with one attached hydrogen (secondary N) is 1. The summed E-state index contributed by atoms with van der Waals surface area (Å²) in [6.07, 6.45) is 2.86. The van der Waals surface area contributed by atoms with Crippen LogP contribution in [0.15, 0.2) is 47.5 Å². The molecule has 1 aromatic carbocycles. The van der Waals surface area contributed by atoms with Crippen LogP contribution in [0.4, 0.5) is 0 Å². The van der Waals surface area contributed by atoms with Crippen LogP contribution >= 0.6 is 0 Å². The molecular formula is C17H14N4O3. The maximum Gasteiger partial charge on any atom is 0.280 e. The molecule has 0 atom stereocenters. The fourth-order valence-corrected chi connectivity index (χ4v) is 2.61. The molecule has 0 aliphatic carbocycles. The van der Waals surface area contributed by atoms with Crippen molar-refractivity contribution in [1.29, 1.82) is 0 Å². The number of ether oxygens (including phenoxy) is 2. The number of benzene rings is 1. The number of fused-ring (bicyclic) bond motifs is 3. The van der Waals surface area contributed by atoms with Crippen molar-refractivity contribution in [2.75, 3.05) is 14.1 Å². The smallest absolute Gasteiger partial charge is 0.280 e. The fourth-order valence-electron chi connectivity index (χ4n) is 2.61. The number of methoxy groups -OCH3 is 2. The van der Waals surface area contributed by atoms with E-state index in [9.17, 15) is 4.79 Å². The molecular weight excluding hydrogens is 308 g/mol. The lowest BCUT2D eigenvalue weighted by Crippen LogP contribution is -2.14. The first-order valence-electron chi connectivity index (χ1n) is 8.59. The van der Waals surface area contributed by atoms with E-state index in [1.165, 1.54) is 23.1 Å². The first-order chi connectivity index (χ1) is 12.9. The maximum atomic E-state index is 12.7. The van der Waals surface area contributed by atoms with Crippen molar-refractivity contribution in [2.24, 2.45) is 0 Å². The standard InChI is InChI=1S/C17H14N4O3/c1-23-11-4-5-12-14(7-11)18-9-13-16(12)20-21(17(13)22)10-3-6-15(24-2)19-8-10/h3-9,20H,1-2H3/i2D3. The highest BCUT2D eigenvalue weighted by molar-refractivity contribution is 6.03. The lowest BCUT2D eigenvalue weighted by molar-refractivity contribution is 0.397. The Morgan fingerprint density at radius 1 is 1.12 bits per heavy atom. The van der Waals surface area contributed by atoms with Gasteiger partial charge in [0.25, 0.3) is 5.56 Å². The number of hydrogen-bond acceptors (Lipinski definition) is 5. The third-order valence-corrected chi connectivity index (χ3v) is 3.82. The monoisotopic (exact) mass is 325 g/mol. The minimum atomic E-state index is -2.59. The van der Waals surface area contributed by atoms with E-state index < -0.39 is 7.04 Å². The van der Waals surface area contributed by atoms with Crippen molar-refractivity contribution in [3.05, 3.63) is 53.1 Å². The van der Waals surface area contributed by atoms with Crippen LogP contribution in [-0.2, 0) is 0 Å². The molecule has 0 aliphatic heterocycles. The van der Waals surface area contributed by atoms with E-state index in [0.717, 1.165) is 5.39 Å². The van der Waals surface area contributed by atoms with Crippen molar-refractivity contribution >= 4 is 21.8 Å². The molecule has 3 aromatic heterocycles. The zero-order chi connectivity index (χ0) is 19.2. The predicted molar refractivity (Wildman–Crippen MR) is 90.1 cm³/mol. The Morgan fingerprint density at radius 3 is 2.79 bits per heavy atom. The van der Waals surface area contributed by atoms with E-state index in [-0.39, 0.29) is 11.4 Å². The largest absolute Gasteiger partial charge is 0.497 e. The van der Waals surface area contributed by atoms with Gasteiger partial charge in [-0.1, -0.05) is 0 Å². The fraction of sp³-hybridized carbons (Fsp3) is 0.118. The van der Waals surface area contributed by atoms with E-state index in [0.29, 0.717) is 27.9 Å². The van der Waals surface area contributed by atoms with E-state index in [4.69, 9.17) is 13.6 Å². The Labute approximate surface area is 140 Å². The molecule has 0 amide bonds. The van der Waals surface area contributed by atoms with Gasteiger partial charge in [-0.2, -0.15) is 0 Å². The third kappa shape index (κ3) is 2.10. The number of hydrogen-bond donors (Lipinski definition) is 1. The van der Waals surface area contributed by atoms with Gasteiger partial charge in [-0.3, -0.25) is 14.9 Å². The average Bonchev–Trinajstić information content (AvgIpc) is 2.97. The maximum absolute atomic E-state index is 12.7. The van der Waals surface area contributed by atoms with E-state index in [1.807, 2.05) is 6.07 Å². The first kappa shape index (κ1) is 11.2. The third-order valence-electron chi connectivity index (χ3n) is 3.82. The summed E-state index contributed by atoms with van der Waals surface area (Å²) in [5.74, 6) is 0.618. The van der Waals surface area contributed by atoms with Gasteiger partial charge in [-0.25, -0.2) is 9.67 Å². The molecule has 0 fully saturated rings. The van der Waals surface area contributed by atoms with Crippen LogP contribution in [0.25, 0.3) is 27.5 Å². The van der Waals surface area contributed by atoms with Gasteiger partial charge in [0.1, 0.15) is 5.75 Å². The van der Waals surface area contributed by atoms with Crippen molar-refractivity contribution in [1.82, 2.24) is 19.7 Å². The number of H-pyrrole nitrogens is 1. The predicted octanol–water partition coefficient (Wildman–Crippen LogP) is 2.28. The molecule has 4 aromatic rings. The van der Waals surface area contributed by atoms with E-state index >= 15 is 0 Å². The highest BCUT2D eigenvalue weighted by Gasteiger charge is 2.12. The van der Waals surface area contributed by atoms with Crippen LogP contribution in [-0.4, -0.2) is 33.9 Å². The van der Waals surface area contributed by atoms with E-state index in [1.54, 1.807) is 25.3 Å². The summed E-state index contributed by atoms with van der Waals surface area (Å²) >= 11 is 0. The molecule has 7 nitrogen and oxygen atoms in total. The second kappa shape index (κ2) is 5.38. The number of aromatic nitrogens is 4. The van der Waals surface area contributed by atoms with Crippen LogP contribution in [0.3, 0.4) is 0 Å². The molecule has 0 saturated heterocycles. The SMILES string of the molecule is [2H]C([2H])([2H])Oc1ccc(-n2[nH]c3c(cnc4cc(OC)ccc43)c2=O)cn1. The minimum absolute atomic E-state index is 0.0536. The average molecular weight is 325 g/mol. The van der Waals surface area contributed by atoms with Crippen molar-refractivity contribution in [2.45, 2.75) is 0 Å². The van der Waals surface area contributed by atoms with Gasteiger partial charge in [0.2, 0.25) is 5.88 Å². The number of aromatic amines is 1. The lowest BCUT2D eigenvalue weighted by Gasteiger charge is -2.03. The molecule has 120 valence electrons. The Bertz CT molecular complexity index is 1200. The van der Waals surface area contributed by atoms with Crippen molar-refractivity contribution < 1.29 is 13.6 Å². The minimum Gasteiger partial charge on any atom is -0.497 e. The molecule has 1 N–H and O–H groups in total. The van der Waals surface area contributed by atoms with Gasteiger partial charge >= 0.3 is 0 Å². The van der Waals surface area contributed by atoms with Gasteiger partial charge in [-0.15, -0.1) is 0 Å². The molecule has 0 spiro atoms. The van der Waals surface area contributed by atoms with Crippen LogP contribution in [0.5, 0.6) is 11.6 Å². The summed E-state index contributed by atoms with van der Waals surface area (Å²) in [6.45, 7) is 0. The number of pyridine rings is 2. The summed E-state index contributed by atoms with van der Waals surface area (Å²) in [4.78, 5) is 21.0. The summed E-state index contributed by atoms with van der Waals surface area (Å²) in [5, 5.41) is 4.26. The summed E-state index contributed by atoms with van der Waals surface area (Å²) in [7, 11) is -1.01. The van der Waals surface area contributed by atoms with E-state index in [2.05, 4.69) is 15.1 Å². The Kier molecular flexibility index (Phi) is 2.52. The number of nitrogens with zero attached hydrogens (tertiary/aromatic N) is 3. The van der Waals surface area contributed by atoms with Gasteiger partial charge in [0.05, 0.1) is 46.6 Å².